The fourth-order valence-corrected chi connectivity index (χ4v) is 3.70. The molecule has 2 amide bonds. The van der Waals surface area contributed by atoms with Crippen molar-refractivity contribution in [2.24, 2.45) is 0 Å². The predicted octanol–water partition coefficient (Wildman–Crippen LogP) is 4.03. The fraction of sp³-hybridized carbons (Fsp3) is 0.500. The topological polar surface area (TPSA) is 103 Å². The maximum atomic E-state index is 14.1. The molecule has 0 bridgehead atoms. The monoisotopic (exact) mass is 528 g/mol. The van der Waals surface area contributed by atoms with Crippen molar-refractivity contribution in [2.75, 3.05) is 13.2 Å². The van der Waals surface area contributed by atoms with Crippen LogP contribution < -0.4 is 5.32 Å². The molecule has 1 aromatic carbocycles. The lowest BCUT2D eigenvalue weighted by atomic mass is 10.2. The fourth-order valence-electron chi connectivity index (χ4n) is 3.70. The SMILES string of the molecule is CCOC(=O)c1nn(-c2ccc(C(F)(F)F)cc2)cc1CNC(=O)C1CC(F)CN1C(=O)OC(C)(C)C. The van der Waals surface area contributed by atoms with Gasteiger partial charge in [0.25, 0.3) is 0 Å². The molecular formula is C24H28F4N4O5. The Hall–Kier alpha value is -3.64. The van der Waals surface area contributed by atoms with E-state index < -0.39 is 47.5 Å². The van der Waals surface area contributed by atoms with Gasteiger partial charge in [0.05, 0.1) is 24.4 Å². The van der Waals surface area contributed by atoms with Crippen molar-refractivity contribution >= 4 is 18.0 Å². The van der Waals surface area contributed by atoms with Gasteiger partial charge in [0.15, 0.2) is 5.69 Å². The highest BCUT2D eigenvalue weighted by Gasteiger charge is 2.41. The molecule has 2 unspecified atom stereocenters. The number of nitrogens with one attached hydrogen (secondary N) is 1. The summed E-state index contributed by atoms with van der Waals surface area (Å²) in [5, 5.41) is 6.70. The molecule has 0 spiro atoms. The van der Waals surface area contributed by atoms with Crippen molar-refractivity contribution in [3.63, 3.8) is 0 Å². The molecule has 13 heteroatoms. The number of halogens is 4. The molecule has 0 radical (unpaired) electrons. The average Bonchev–Trinajstić information content (AvgIpc) is 3.40. The summed E-state index contributed by atoms with van der Waals surface area (Å²) in [6, 6.07) is 3.00. The van der Waals surface area contributed by atoms with Crippen molar-refractivity contribution in [3.05, 3.63) is 47.3 Å². The Labute approximate surface area is 210 Å². The Bertz CT molecular complexity index is 1140. The van der Waals surface area contributed by atoms with E-state index in [1.807, 2.05) is 0 Å². The van der Waals surface area contributed by atoms with Gasteiger partial charge in [-0.1, -0.05) is 0 Å². The second-order valence-electron chi connectivity index (χ2n) is 9.41. The Kier molecular flexibility index (Phi) is 8.13. The van der Waals surface area contributed by atoms with Gasteiger partial charge in [-0.05, 0) is 52.0 Å². The van der Waals surface area contributed by atoms with Crippen molar-refractivity contribution in [3.8, 4) is 5.69 Å². The number of nitrogens with zero attached hydrogens (tertiary/aromatic N) is 3. The number of carbonyl (C=O) groups excluding carboxylic acids is 3. The molecule has 202 valence electrons. The van der Waals surface area contributed by atoms with Crippen LogP contribution in [0.3, 0.4) is 0 Å². The smallest absolute Gasteiger partial charge is 0.416 e. The van der Waals surface area contributed by atoms with Gasteiger partial charge in [-0.2, -0.15) is 18.3 Å². The molecule has 2 heterocycles. The van der Waals surface area contributed by atoms with E-state index in [1.54, 1.807) is 27.7 Å². The number of hydrogen-bond acceptors (Lipinski definition) is 6. The summed E-state index contributed by atoms with van der Waals surface area (Å²) < 4.78 is 64.2. The average molecular weight is 529 g/mol. The van der Waals surface area contributed by atoms with Gasteiger partial charge < -0.3 is 14.8 Å². The molecule has 0 saturated carbocycles. The molecule has 2 atom stereocenters. The first-order valence-corrected chi connectivity index (χ1v) is 11.5. The maximum absolute atomic E-state index is 14.1. The highest BCUT2D eigenvalue weighted by Crippen LogP contribution is 2.30. The molecule has 1 N–H and O–H groups in total. The molecule has 9 nitrogen and oxygen atoms in total. The summed E-state index contributed by atoms with van der Waals surface area (Å²) in [7, 11) is 0. The van der Waals surface area contributed by atoms with E-state index in [0.29, 0.717) is 0 Å². The number of alkyl halides is 4. The molecule has 1 saturated heterocycles. The van der Waals surface area contributed by atoms with Gasteiger partial charge in [0.2, 0.25) is 5.91 Å². The summed E-state index contributed by atoms with van der Waals surface area (Å²) in [4.78, 5) is 38.8. The minimum absolute atomic E-state index is 0.0442. The summed E-state index contributed by atoms with van der Waals surface area (Å²) in [6.45, 7) is 6.04. The summed E-state index contributed by atoms with van der Waals surface area (Å²) >= 11 is 0. The number of rotatable bonds is 6. The quantitative estimate of drug-likeness (QED) is 0.449. The van der Waals surface area contributed by atoms with E-state index in [1.165, 1.54) is 23.0 Å². The molecule has 2 aromatic rings. The minimum Gasteiger partial charge on any atom is -0.461 e. The summed E-state index contributed by atoms with van der Waals surface area (Å²) in [5.41, 5.74) is -1.39. The zero-order chi connectivity index (χ0) is 27.5. The first-order valence-electron chi connectivity index (χ1n) is 11.5. The van der Waals surface area contributed by atoms with E-state index in [-0.39, 0.29) is 43.1 Å². The molecule has 1 aliphatic rings. The van der Waals surface area contributed by atoms with Crippen LogP contribution in [0.2, 0.25) is 0 Å². The lowest BCUT2D eigenvalue weighted by molar-refractivity contribution is -0.137. The van der Waals surface area contributed by atoms with Gasteiger partial charge in [0, 0.05) is 24.7 Å². The highest BCUT2D eigenvalue weighted by molar-refractivity contribution is 5.90. The first kappa shape index (κ1) is 27.9. The van der Waals surface area contributed by atoms with Gasteiger partial charge in [-0.15, -0.1) is 0 Å². The van der Waals surface area contributed by atoms with Gasteiger partial charge >= 0.3 is 18.2 Å². The number of ether oxygens (including phenoxy) is 2. The molecule has 37 heavy (non-hydrogen) atoms. The zero-order valence-corrected chi connectivity index (χ0v) is 20.8. The van der Waals surface area contributed by atoms with Gasteiger partial charge in [-0.25, -0.2) is 18.7 Å². The third-order valence-corrected chi connectivity index (χ3v) is 5.35. The van der Waals surface area contributed by atoms with Crippen LogP contribution >= 0.6 is 0 Å². The van der Waals surface area contributed by atoms with Crippen LogP contribution in [-0.4, -0.2) is 63.6 Å². The third kappa shape index (κ3) is 6.98. The molecular weight excluding hydrogens is 500 g/mol. The zero-order valence-electron chi connectivity index (χ0n) is 20.8. The number of likely N-dealkylation sites (tertiary alicyclic amines) is 1. The van der Waals surface area contributed by atoms with E-state index >= 15 is 0 Å². The molecule has 1 fully saturated rings. The summed E-state index contributed by atoms with van der Waals surface area (Å²) in [5.74, 6) is -1.46. The van der Waals surface area contributed by atoms with Crippen molar-refractivity contribution in [1.29, 1.82) is 0 Å². The molecule has 0 aliphatic carbocycles. The van der Waals surface area contributed by atoms with Crippen LogP contribution in [0, 0.1) is 0 Å². The Morgan fingerprint density at radius 1 is 1.14 bits per heavy atom. The standard InChI is InChI=1S/C24H28F4N4O5/c1-5-36-21(34)19-14(12-32(30-19)17-8-6-15(7-9-17)24(26,27)28)11-29-20(33)18-10-16(25)13-31(18)22(35)37-23(2,3)4/h6-9,12,16,18H,5,10-11,13H2,1-4H3,(H,29,33). The Balaban J connectivity index is 1.80. The van der Waals surface area contributed by atoms with Crippen LogP contribution in [0.4, 0.5) is 22.4 Å². The second kappa shape index (κ2) is 10.8. The molecule has 1 aromatic heterocycles. The number of benzene rings is 1. The van der Waals surface area contributed by atoms with E-state index in [2.05, 4.69) is 10.4 Å². The minimum atomic E-state index is -4.51. The lowest BCUT2D eigenvalue weighted by Crippen LogP contribution is -2.47. The van der Waals surface area contributed by atoms with Gasteiger partial charge in [0.1, 0.15) is 17.8 Å². The molecule has 1 aliphatic heterocycles. The first-order chi connectivity index (χ1) is 17.2. The van der Waals surface area contributed by atoms with Crippen molar-refractivity contribution in [1.82, 2.24) is 20.0 Å². The number of amides is 2. The predicted molar refractivity (Wildman–Crippen MR) is 123 cm³/mol. The van der Waals surface area contributed by atoms with Crippen LogP contribution in [0.15, 0.2) is 30.5 Å². The highest BCUT2D eigenvalue weighted by atomic mass is 19.4. The van der Waals surface area contributed by atoms with Crippen LogP contribution in [0.1, 0.15) is 55.7 Å². The maximum Gasteiger partial charge on any atom is 0.416 e. The lowest BCUT2D eigenvalue weighted by Gasteiger charge is -2.27. The van der Waals surface area contributed by atoms with Crippen molar-refractivity contribution < 1.29 is 41.4 Å². The number of hydrogen-bond donors (Lipinski definition) is 1. The van der Waals surface area contributed by atoms with Crippen LogP contribution in [0.25, 0.3) is 5.69 Å². The van der Waals surface area contributed by atoms with E-state index in [9.17, 15) is 31.9 Å². The number of aromatic nitrogens is 2. The Morgan fingerprint density at radius 3 is 2.35 bits per heavy atom. The van der Waals surface area contributed by atoms with Gasteiger partial charge in [-0.3, -0.25) is 9.69 Å². The molecule has 3 rings (SSSR count). The Morgan fingerprint density at radius 2 is 1.78 bits per heavy atom. The van der Waals surface area contributed by atoms with Crippen LogP contribution in [-0.2, 0) is 27.0 Å². The normalized spacial score (nSPS) is 18.0. The largest absolute Gasteiger partial charge is 0.461 e. The van der Waals surface area contributed by atoms with E-state index in [0.717, 1.165) is 17.0 Å². The van der Waals surface area contributed by atoms with E-state index in [4.69, 9.17) is 9.47 Å². The third-order valence-electron chi connectivity index (χ3n) is 5.35. The number of carbonyl (C=O) groups is 3. The van der Waals surface area contributed by atoms with Crippen molar-refractivity contribution in [2.45, 2.75) is 64.7 Å². The summed E-state index contributed by atoms with van der Waals surface area (Å²) in [6.07, 6.45) is -5.61. The number of esters is 1. The van der Waals surface area contributed by atoms with Crippen LogP contribution in [0.5, 0.6) is 0 Å². The second-order valence-corrected chi connectivity index (χ2v) is 9.41.